The number of carbonyl (C=O) groups is 3. The van der Waals surface area contributed by atoms with Gasteiger partial charge in [0.05, 0.1) is 0 Å². The molecule has 197 valence electrons. The third-order valence-electron chi connectivity index (χ3n) is 6.03. The number of fused-ring (bicyclic) bond motifs is 1. The predicted octanol–water partition coefficient (Wildman–Crippen LogP) is 6.06. The van der Waals surface area contributed by atoms with Crippen molar-refractivity contribution >= 4 is 17.9 Å². The molecule has 37 heavy (non-hydrogen) atoms. The van der Waals surface area contributed by atoms with Gasteiger partial charge in [0.15, 0.2) is 6.10 Å². The molecule has 7 heteroatoms. The quantitative estimate of drug-likeness (QED) is 0.241. The first-order chi connectivity index (χ1) is 17.9. The molecule has 2 aromatic rings. The molecular weight excluding hydrogens is 472 g/mol. The average Bonchev–Trinajstić information content (AvgIpc) is 2.90. The van der Waals surface area contributed by atoms with Gasteiger partial charge in [-0.05, 0) is 55.2 Å². The summed E-state index contributed by atoms with van der Waals surface area (Å²) in [5.74, 6) is -0.206. The van der Waals surface area contributed by atoms with Gasteiger partial charge < -0.3 is 18.9 Å². The summed E-state index contributed by atoms with van der Waals surface area (Å²) in [5, 5.41) is 0. The molecule has 0 aliphatic carbocycles. The highest BCUT2D eigenvalue weighted by molar-refractivity contribution is 5.75. The molecule has 0 saturated carbocycles. The second kappa shape index (κ2) is 14.4. The molecule has 0 spiro atoms. The standard InChI is InChI=1S/C30H35O7/c1-4-7-15-27(31)34-22-18-24(35-28(32)16-8-5-2)23-20-26(36-29(33)17-9-6-3)30(37-25(23)19-22)21-13-11-10-12-14-21/h13-14,18-19,26,30H,4-9,15-17,20H2,1-3H3/t26-,30-/m1/s1. The second-order valence-electron chi connectivity index (χ2n) is 9.13. The van der Waals surface area contributed by atoms with Gasteiger partial charge >= 0.3 is 17.9 Å². The Morgan fingerprint density at radius 3 is 2.08 bits per heavy atom. The number of ether oxygens (including phenoxy) is 4. The van der Waals surface area contributed by atoms with Gasteiger partial charge in [0.1, 0.15) is 23.4 Å². The molecule has 1 aliphatic heterocycles. The molecule has 2 aromatic carbocycles. The van der Waals surface area contributed by atoms with E-state index in [0.717, 1.165) is 25.7 Å². The molecule has 0 fully saturated rings. The van der Waals surface area contributed by atoms with E-state index in [4.69, 9.17) is 18.9 Å². The van der Waals surface area contributed by atoms with Crippen molar-refractivity contribution < 1.29 is 33.3 Å². The maximum atomic E-state index is 12.6. The van der Waals surface area contributed by atoms with E-state index in [1.54, 1.807) is 18.2 Å². The molecule has 3 radical (unpaired) electrons. The summed E-state index contributed by atoms with van der Waals surface area (Å²) in [6, 6.07) is 15.0. The summed E-state index contributed by atoms with van der Waals surface area (Å²) in [5.41, 5.74) is 1.29. The van der Waals surface area contributed by atoms with Gasteiger partial charge in [-0.3, -0.25) is 14.4 Å². The van der Waals surface area contributed by atoms with Crippen LogP contribution in [0.3, 0.4) is 0 Å². The molecule has 0 aromatic heterocycles. The van der Waals surface area contributed by atoms with Crippen molar-refractivity contribution in [1.82, 2.24) is 0 Å². The van der Waals surface area contributed by atoms with Crippen LogP contribution in [0.2, 0.25) is 0 Å². The summed E-state index contributed by atoms with van der Waals surface area (Å²) < 4.78 is 23.4. The van der Waals surface area contributed by atoms with Crippen molar-refractivity contribution in [3.63, 3.8) is 0 Å². The van der Waals surface area contributed by atoms with Crippen LogP contribution in [0.15, 0.2) is 24.3 Å². The Bertz CT molecular complexity index is 1050. The number of hydrogen-bond acceptors (Lipinski definition) is 7. The molecule has 7 nitrogen and oxygen atoms in total. The molecule has 1 aliphatic rings. The van der Waals surface area contributed by atoms with Crippen molar-refractivity contribution in [1.29, 1.82) is 0 Å². The third kappa shape index (κ3) is 8.34. The Kier molecular flexibility index (Phi) is 11.0. The lowest BCUT2D eigenvalue weighted by molar-refractivity contribution is -0.155. The van der Waals surface area contributed by atoms with Crippen molar-refractivity contribution in [3.8, 4) is 17.2 Å². The van der Waals surface area contributed by atoms with Crippen molar-refractivity contribution in [2.75, 3.05) is 0 Å². The van der Waals surface area contributed by atoms with Crippen LogP contribution in [-0.2, 0) is 25.5 Å². The van der Waals surface area contributed by atoms with E-state index in [1.807, 2.05) is 20.8 Å². The van der Waals surface area contributed by atoms with E-state index < -0.39 is 12.2 Å². The molecule has 0 N–H and O–H groups in total. The lowest BCUT2D eigenvalue weighted by atomic mass is 9.93. The van der Waals surface area contributed by atoms with Crippen LogP contribution in [0.1, 0.15) is 95.8 Å². The Labute approximate surface area is 219 Å². The average molecular weight is 508 g/mol. The maximum absolute atomic E-state index is 12.6. The van der Waals surface area contributed by atoms with Crippen LogP contribution in [0.5, 0.6) is 17.2 Å². The fourth-order valence-corrected chi connectivity index (χ4v) is 3.99. The molecule has 0 unspecified atom stereocenters. The number of unbranched alkanes of at least 4 members (excludes halogenated alkanes) is 3. The highest BCUT2D eigenvalue weighted by atomic mass is 16.6. The van der Waals surface area contributed by atoms with E-state index in [9.17, 15) is 14.4 Å². The Morgan fingerprint density at radius 1 is 0.865 bits per heavy atom. The highest BCUT2D eigenvalue weighted by Gasteiger charge is 2.37. The number of hydrogen-bond donors (Lipinski definition) is 0. The monoisotopic (exact) mass is 507 g/mol. The largest absolute Gasteiger partial charge is 0.481 e. The predicted molar refractivity (Wildman–Crippen MR) is 136 cm³/mol. The summed E-state index contributed by atoms with van der Waals surface area (Å²) in [7, 11) is 0. The van der Waals surface area contributed by atoms with Gasteiger partial charge in [-0.15, -0.1) is 0 Å². The normalized spacial score (nSPS) is 16.3. The zero-order chi connectivity index (χ0) is 26.6. The van der Waals surface area contributed by atoms with Gasteiger partial charge in [0.25, 0.3) is 0 Å². The van der Waals surface area contributed by atoms with E-state index in [1.165, 1.54) is 6.07 Å². The lowest BCUT2D eigenvalue weighted by Gasteiger charge is -2.34. The summed E-state index contributed by atoms with van der Waals surface area (Å²) >= 11 is 0. The number of carbonyl (C=O) groups excluding carboxylic acids is 3. The number of benzene rings is 2. The minimum Gasteiger partial charge on any atom is -0.481 e. The van der Waals surface area contributed by atoms with Gasteiger partial charge in [-0.2, -0.15) is 0 Å². The number of esters is 3. The van der Waals surface area contributed by atoms with Crippen LogP contribution >= 0.6 is 0 Å². The first kappa shape index (κ1) is 28.2. The Morgan fingerprint density at radius 2 is 1.46 bits per heavy atom. The summed E-state index contributed by atoms with van der Waals surface area (Å²) in [6.45, 7) is 6.00. The van der Waals surface area contributed by atoms with Gasteiger partial charge in [-0.25, -0.2) is 0 Å². The first-order valence-corrected chi connectivity index (χ1v) is 13.2. The minimum atomic E-state index is -0.660. The summed E-state index contributed by atoms with van der Waals surface area (Å²) in [6.07, 6.45) is 4.53. The van der Waals surface area contributed by atoms with E-state index in [-0.39, 0.29) is 48.7 Å². The fourth-order valence-electron chi connectivity index (χ4n) is 3.99. The van der Waals surface area contributed by atoms with E-state index >= 15 is 0 Å². The van der Waals surface area contributed by atoms with Crippen molar-refractivity contribution in [2.45, 2.75) is 97.2 Å². The molecular formula is C30H35O7. The molecule has 2 atom stereocenters. The van der Waals surface area contributed by atoms with Crippen LogP contribution in [0.4, 0.5) is 0 Å². The maximum Gasteiger partial charge on any atom is 0.311 e. The van der Waals surface area contributed by atoms with Crippen LogP contribution in [0.25, 0.3) is 0 Å². The highest BCUT2D eigenvalue weighted by Crippen LogP contribution is 2.44. The zero-order valence-corrected chi connectivity index (χ0v) is 21.9. The van der Waals surface area contributed by atoms with Gasteiger partial charge in [0.2, 0.25) is 0 Å². The van der Waals surface area contributed by atoms with Crippen LogP contribution < -0.4 is 14.2 Å². The molecule has 0 saturated heterocycles. The van der Waals surface area contributed by atoms with Gasteiger partial charge in [0, 0.05) is 43.4 Å². The second-order valence-corrected chi connectivity index (χ2v) is 9.13. The van der Waals surface area contributed by atoms with Crippen LogP contribution in [0, 0.1) is 18.2 Å². The first-order valence-electron chi connectivity index (χ1n) is 13.2. The van der Waals surface area contributed by atoms with Crippen molar-refractivity contribution in [3.05, 3.63) is 53.6 Å². The fraction of sp³-hybridized carbons (Fsp3) is 0.500. The van der Waals surface area contributed by atoms with E-state index in [2.05, 4.69) is 18.2 Å². The molecule has 0 bridgehead atoms. The molecule has 3 rings (SSSR count). The third-order valence-corrected chi connectivity index (χ3v) is 6.03. The van der Waals surface area contributed by atoms with Crippen molar-refractivity contribution in [2.24, 2.45) is 0 Å². The Balaban J connectivity index is 1.96. The SMILES string of the molecule is CCCCC(=O)Oc1cc(OC(=O)CCCC)c2c(c1)O[C@H](c1c[c][c][c]c1)[C@H](OC(=O)CCCC)C2. The van der Waals surface area contributed by atoms with E-state index in [0.29, 0.717) is 36.1 Å². The van der Waals surface area contributed by atoms with Gasteiger partial charge in [-0.1, -0.05) is 40.0 Å². The zero-order valence-electron chi connectivity index (χ0n) is 21.9. The number of rotatable bonds is 13. The lowest BCUT2D eigenvalue weighted by Crippen LogP contribution is -2.35. The topological polar surface area (TPSA) is 88.1 Å². The molecule has 1 heterocycles. The Hall–Kier alpha value is -3.35. The smallest absolute Gasteiger partial charge is 0.311 e. The molecule has 0 amide bonds. The summed E-state index contributed by atoms with van der Waals surface area (Å²) in [4.78, 5) is 37.4. The minimum absolute atomic E-state index is 0.231. The van der Waals surface area contributed by atoms with Crippen LogP contribution in [-0.4, -0.2) is 24.0 Å².